The monoisotopic (exact) mass is 524 g/mol. The van der Waals surface area contributed by atoms with Crippen LogP contribution in [0.25, 0.3) is 0 Å². The molecule has 0 aliphatic carbocycles. The fourth-order valence-electron chi connectivity index (χ4n) is 3.30. The fourth-order valence-corrected chi connectivity index (χ4v) is 3.30. The number of hydrogen-bond donors (Lipinski definition) is 3. The number of carbonyl (C=O) groups excluding carboxylic acids is 1. The Hall–Kier alpha value is -2.33. The molecule has 8 heteroatoms. The van der Waals surface area contributed by atoms with E-state index in [2.05, 4.69) is 27.0 Å². The van der Waals surface area contributed by atoms with Gasteiger partial charge >= 0.3 is 0 Å². The highest BCUT2D eigenvalue weighted by Crippen LogP contribution is 2.31. The molecule has 0 aromatic heterocycles. The van der Waals surface area contributed by atoms with E-state index in [0.717, 1.165) is 22.6 Å². The van der Waals surface area contributed by atoms with Crippen LogP contribution in [0.15, 0.2) is 53.5 Å². The molecule has 1 unspecified atom stereocenters. The first-order valence-corrected chi connectivity index (χ1v) is 9.73. The summed E-state index contributed by atoms with van der Waals surface area (Å²) >= 11 is 0. The van der Waals surface area contributed by atoms with Crippen LogP contribution in [0.3, 0.4) is 0 Å². The van der Waals surface area contributed by atoms with Gasteiger partial charge in [0.2, 0.25) is 5.91 Å². The lowest BCUT2D eigenvalue weighted by atomic mass is 9.90. The Kier molecular flexibility index (Phi) is 9.88. The van der Waals surface area contributed by atoms with E-state index in [4.69, 9.17) is 9.47 Å². The first kappa shape index (κ1) is 23.9. The summed E-state index contributed by atoms with van der Waals surface area (Å²) in [5.74, 6) is 1.66. The molecule has 7 nitrogen and oxygen atoms in total. The van der Waals surface area contributed by atoms with Crippen LogP contribution >= 0.6 is 24.0 Å². The van der Waals surface area contributed by atoms with E-state index in [1.54, 1.807) is 14.2 Å². The fraction of sp³-hybridized carbons (Fsp3) is 0.364. The number of nitrogens with zero attached hydrogens (tertiary/aromatic N) is 1. The minimum Gasteiger partial charge on any atom is -0.491 e. The molecular formula is C22H29IN4O3. The molecule has 1 atom stereocenters. The van der Waals surface area contributed by atoms with Gasteiger partial charge in [0, 0.05) is 45.3 Å². The summed E-state index contributed by atoms with van der Waals surface area (Å²) in [5.41, 5.74) is 3.13. The van der Waals surface area contributed by atoms with E-state index in [1.165, 1.54) is 0 Å². The summed E-state index contributed by atoms with van der Waals surface area (Å²) in [5, 5.41) is 9.58. The first-order valence-electron chi connectivity index (χ1n) is 9.73. The molecule has 162 valence electrons. The normalized spacial score (nSPS) is 15.5. The van der Waals surface area contributed by atoms with Crippen molar-refractivity contribution in [3.8, 4) is 5.75 Å². The SMILES string of the molecule is CN=C(NCc1cccc(OCCOC)c1)NCC1CC(=O)Nc2ccccc21.I. The van der Waals surface area contributed by atoms with Gasteiger partial charge in [-0.1, -0.05) is 30.3 Å². The summed E-state index contributed by atoms with van der Waals surface area (Å²) in [6, 6.07) is 15.9. The molecule has 0 saturated carbocycles. The Bertz CT molecular complexity index is 860. The van der Waals surface area contributed by atoms with Gasteiger partial charge < -0.3 is 25.4 Å². The number of guanidine groups is 1. The number of rotatable bonds is 8. The molecule has 0 fully saturated rings. The van der Waals surface area contributed by atoms with Crippen molar-refractivity contribution in [2.45, 2.75) is 18.9 Å². The van der Waals surface area contributed by atoms with E-state index in [0.29, 0.717) is 38.7 Å². The van der Waals surface area contributed by atoms with Crippen LogP contribution in [0.1, 0.15) is 23.5 Å². The molecular weight excluding hydrogens is 495 g/mol. The van der Waals surface area contributed by atoms with Gasteiger partial charge in [-0.25, -0.2) is 0 Å². The number of fused-ring (bicyclic) bond motifs is 1. The molecule has 0 bridgehead atoms. The van der Waals surface area contributed by atoms with Gasteiger partial charge in [-0.3, -0.25) is 9.79 Å². The third-order valence-electron chi connectivity index (χ3n) is 4.76. The second kappa shape index (κ2) is 12.4. The van der Waals surface area contributed by atoms with E-state index in [-0.39, 0.29) is 35.8 Å². The second-order valence-corrected chi connectivity index (χ2v) is 6.83. The minimum atomic E-state index is 0. The molecule has 2 aromatic carbocycles. The maximum atomic E-state index is 12.0. The van der Waals surface area contributed by atoms with Crippen molar-refractivity contribution in [1.82, 2.24) is 10.6 Å². The zero-order valence-corrected chi connectivity index (χ0v) is 19.6. The number of amides is 1. The molecule has 2 aromatic rings. The summed E-state index contributed by atoms with van der Waals surface area (Å²) in [7, 11) is 3.39. The average Bonchev–Trinajstić information content (AvgIpc) is 2.74. The minimum absolute atomic E-state index is 0. The number of halogens is 1. The summed E-state index contributed by atoms with van der Waals surface area (Å²) in [4.78, 5) is 16.3. The van der Waals surface area contributed by atoms with E-state index in [9.17, 15) is 4.79 Å². The Labute approximate surface area is 194 Å². The highest BCUT2D eigenvalue weighted by molar-refractivity contribution is 14.0. The van der Waals surface area contributed by atoms with Crippen LogP contribution in [-0.2, 0) is 16.1 Å². The molecule has 3 rings (SSSR count). The van der Waals surface area contributed by atoms with Gasteiger partial charge in [0.25, 0.3) is 0 Å². The van der Waals surface area contributed by atoms with Gasteiger partial charge in [-0.2, -0.15) is 0 Å². The largest absolute Gasteiger partial charge is 0.491 e. The lowest BCUT2D eigenvalue weighted by Crippen LogP contribution is -2.40. The summed E-state index contributed by atoms with van der Waals surface area (Å²) in [6.07, 6.45) is 0.460. The number of ether oxygens (including phenoxy) is 2. The smallest absolute Gasteiger partial charge is 0.225 e. The van der Waals surface area contributed by atoms with Crippen molar-refractivity contribution in [2.75, 3.05) is 39.2 Å². The number of hydrogen-bond acceptors (Lipinski definition) is 4. The number of aliphatic imine (C=N–C) groups is 1. The lowest BCUT2D eigenvalue weighted by Gasteiger charge is -2.26. The maximum Gasteiger partial charge on any atom is 0.225 e. The number of para-hydroxylation sites is 1. The number of nitrogens with one attached hydrogen (secondary N) is 3. The highest BCUT2D eigenvalue weighted by Gasteiger charge is 2.24. The molecule has 0 saturated heterocycles. The molecule has 1 amide bonds. The third kappa shape index (κ3) is 6.88. The molecule has 3 N–H and O–H groups in total. The Morgan fingerprint density at radius 3 is 2.80 bits per heavy atom. The maximum absolute atomic E-state index is 12.0. The standard InChI is InChI=1S/C22H28N4O3.HI/c1-23-22(24-14-16-6-5-7-18(12-16)29-11-10-28-2)25-15-17-13-21(27)26-20-9-4-3-8-19(17)20;/h3-9,12,17H,10-11,13-15H2,1-2H3,(H,26,27)(H2,23,24,25);1H. The van der Waals surface area contributed by atoms with Crippen LogP contribution in [0.5, 0.6) is 5.75 Å². The predicted octanol–water partition coefficient (Wildman–Crippen LogP) is 3.12. The van der Waals surface area contributed by atoms with Crippen molar-refractivity contribution in [1.29, 1.82) is 0 Å². The van der Waals surface area contributed by atoms with E-state index >= 15 is 0 Å². The van der Waals surface area contributed by atoms with Crippen molar-refractivity contribution in [3.05, 3.63) is 59.7 Å². The highest BCUT2D eigenvalue weighted by atomic mass is 127. The number of anilines is 1. The number of carbonyl (C=O) groups is 1. The van der Waals surface area contributed by atoms with E-state index in [1.807, 2.05) is 42.5 Å². The topological polar surface area (TPSA) is 84.0 Å². The Morgan fingerprint density at radius 1 is 1.17 bits per heavy atom. The first-order chi connectivity index (χ1) is 14.2. The van der Waals surface area contributed by atoms with Gasteiger partial charge in [-0.15, -0.1) is 24.0 Å². The third-order valence-corrected chi connectivity index (χ3v) is 4.76. The zero-order valence-electron chi connectivity index (χ0n) is 17.3. The zero-order chi connectivity index (χ0) is 20.5. The van der Waals surface area contributed by atoms with Gasteiger partial charge in [0.05, 0.1) is 6.61 Å². The lowest BCUT2D eigenvalue weighted by molar-refractivity contribution is -0.116. The average molecular weight is 524 g/mol. The van der Waals surface area contributed by atoms with Gasteiger partial charge in [0.1, 0.15) is 12.4 Å². The van der Waals surface area contributed by atoms with E-state index < -0.39 is 0 Å². The quantitative estimate of drug-likeness (QED) is 0.214. The molecule has 1 heterocycles. The summed E-state index contributed by atoms with van der Waals surface area (Å²) < 4.78 is 10.7. The molecule has 30 heavy (non-hydrogen) atoms. The number of benzene rings is 2. The predicted molar refractivity (Wildman–Crippen MR) is 130 cm³/mol. The van der Waals surface area contributed by atoms with Gasteiger partial charge in [0.15, 0.2) is 5.96 Å². The van der Waals surface area contributed by atoms with Crippen molar-refractivity contribution >= 4 is 41.5 Å². The Balaban J connectivity index is 0.00000320. The molecule has 0 spiro atoms. The number of methoxy groups -OCH3 is 1. The van der Waals surface area contributed by atoms with Crippen molar-refractivity contribution < 1.29 is 14.3 Å². The second-order valence-electron chi connectivity index (χ2n) is 6.83. The summed E-state index contributed by atoms with van der Waals surface area (Å²) in [6.45, 7) is 2.32. The van der Waals surface area contributed by atoms with Gasteiger partial charge in [-0.05, 0) is 29.3 Å². The van der Waals surface area contributed by atoms with Crippen LogP contribution in [0.4, 0.5) is 5.69 Å². The Morgan fingerprint density at radius 2 is 2.00 bits per heavy atom. The molecule has 1 aliphatic heterocycles. The van der Waals surface area contributed by atoms with Crippen molar-refractivity contribution in [2.24, 2.45) is 4.99 Å². The van der Waals surface area contributed by atoms with Crippen LogP contribution in [0, 0.1) is 0 Å². The molecule has 0 radical (unpaired) electrons. The molecule has 1 aliphatic rings. The van der Waals surface area contributed by atoms with Crippen LogP contribution in [0.2, 0.25) is 0 Å². The van der Waals surface area contributed by atoms with Crippen LogP contribution < -0.4 is 20.7 Å². The van der Waals surface area contributed by atoms with Crippen molar-refractivity contribution in [3.63, 3.8) is 0 Å². The van der Waals surface area contributed by atoms with Crippen LogP contribution in [-0.4, -0.2) is 45.8 Å².